The zero-order valence-electron chi connectivity index (χ0n) is 18.8. The first-order chi connectivity index (χ1) is 16.6. The fourth-order valence-corrected chi connectivity index (χ4v) is 13.2. The van der Waals surface area contributed by atoms with Crippen LogP contribution >= 0.6 is 13.2 Å². The molecule has 34 heavy (non-hydrogen) atoms. The largest absolute Gasteiger partial charge is 0.139 e. The van der Waals surface area contributed by atoms with Crippen LogP contribution in [0.15, 0.2) is 121 Å². The lowest BCUT2D eigenvalue weighted by Crippen LogP contribution is -2.29. The highest BCUT2D eigenvalue weighted by Gasteiger charge is 2.45. The van der Waals surface area contributed by atoms with Crippen LogP contribution in [0.4, 0.5) is 0 Å². The molecule has 0 bridgehead atoms. The Hall–Kier alpha value is -1.98. The third-order valence-corrected chi connectivity index (χ3v) is 15.6. The van der Waals surface area contributed by atoms with Gasteiger partial charge in [0.2, 0.25) is 0 Å². The van der Waals surface area contributed by atoms with Crippen molar-refractivity contribution in [2.45, 2.75) is 30.6 Å². The molecular weight excluding hydrogens is 465 g/mol. The average Bonchev–Trinajstić information content (AvgIpc) is 3.30. The number of hydrogen-bond donors (Lipinski definition) is 0. The van der Waals surface area contributed by atoms with Crippen molar-refractivity contribution in [3.05, 3.63) is 127 Å². The van der Waals surface area contributed by atoms with Gasteiger partial charge < -0.3 is 0 Å². The summed E-state index contributed by atoms with van der Waals surface area (Å²) in [5.74, 6) is 0. The van der Waals surface area contributed by atoms with Crippen molar-refractivity contribution in [1.82, 2.24) is 0 Å². The van der Waals surface area contributed by atoms with Crippen LogP contribution in [0.2, 0.25) is 0 Å². The molecule has 1 aliphatic rings. The summed E-state index contributed by atoms with van der Waals surface area (Å²) in [5, 5.41) is 4.66. The first-order valence-electron chi connectivity index (χ1n) is 11.8. The number of hydrogen-bond acceptors (Lipinski definition) is 1. The maximum atomic E-state index is 6.62. The van der Waals surface area contributed by atoms with Crippen LogP contribution in [-0.2, 0) is 11.8 Å². The van der Waals surface area contributed by atoms with Gasteiger partial charge in [0.1, 0.15) is 7.57 Å². The molecule has 4 aromatic rings. The average molecular weight is 498 g/mol. The Morgan fingerprint density at radius 2 is 1.21 bits per heavy atom. The highest BCUT2D eigenvalue weighted by Crippen LogP contribution is 2.69. The van der Waals surface area contributed by atoms with E-state index < -0.39 is 13.2 Å². The molecule has 2 unspecified atom stereocenters. The topological polar surface area (TPSA) is 0 Å². The van der Waals surface area contributed by atoms with Crippen LogP contribution in [0.3, 0.4) is 0 Å². The molecule has 0 radical (unpaired) electrons. The fourth-order valence-electron chi connectivity index (χ4n) is 5.27. The van der Waals surface area contributed by atoms with Crippen molar-refractivity contribution in [3.63, 3.8) is 0 Å². The van der Waals surface area contributed by atoms with Crippen molar-refractivity contribution in [1.29, 1.82) is 0 Å². The molecule has 3 atom stereocenters. The van der Waals surface area contributed by atoms with E-state index in [9.17, 15) is 0 Å². The second-order valence-corrected chi connectivity index (χ2v) is 16.5. The Bertz CT molecular complexity index is 1210. The van der Waals surface area contributed by atoms with Crippen LogP contribution in [-0.4, -0.2) is 19.4 Å². The van der Waals surface area contributed by atoms with Gasteiger partial charge in [0.25, 0.3) is 0 Å². The molecule has 0 amide bonds. The maximum Gasteiger partial charge on any atom is 0.139 e. The smallest absolute Gasteiger partial charge is 0.0923 e. The molecule has 0 aromatic heterocycles. The molecule has 5 rings (SSSR count). The summed E-state index contributed by atoms with van der Waals surface area (Å²) < 4.78 is 0. The summed E-state index contributed by atoms with van der Waals surface area (Å²) in [6.45, 7) is 0. The van der Waals surface area contributed by atoms with Crippen LogP contribution in [0.25, 0.3) is 0 Å². The van der Waals surface area contributed by atoms with Crippen molar-refractivity contribution < 1.29 is 0 Å². The number of rotatable bonds is 7. The lowest BCUT2D eigenvalue weighted by Gasteiger charge is -2.40. The van der Waals surface area contributed by atoms with Crippen molar-refractivity contribution in [2.24, 2.45) is 0 Å². The van der Waals surface area contributed by atoms with Gasteiger partial charge in [-0.15, -0.1) is 0 Å². The minimum Gasteiger partial charge on any atom is -0.0923 e. The highest BCUT2D eigenvalue weighted by molar-refractivity contribution is 8.18. The van der Waals surface area contributed by atoms with E-state index in [-0.39, 0.29) is 7.57 Å². The van der Waals surface area contributed by atoms with Gasteiger partial charge in [-0.25, -0.2) is 0 Å². The molecule has 172 valence electrons. The van der Waals surface area contributed by atoms with Gasteiger partial charge in [0, 0.05) is 0 Å². The minimum atomic E-state index is -1.58. The molecule has 1 heterocycles. The van der Waals surface area contributed by atoms with Gasteiger partial charge in [-0.2, -0.15) is 0 Å². The SMILES string of the molecule is [BH3-][P+](c1ccccc1)(c1ccccc1)[C@@H](CC1CCCP1(=S)c1ccccc1)c1ccccc1. The number of benzene rings is 4. The van der Waals surface area contributed by atoms with Gasteiger partial charge in [-0.05, 0) is 72.3 Å². The summed E-state index contributed by atoms with van der Waals surface area (Å²) in [4.78, 5) is 0. The summed E-state index contributed by atoms with van der Waals surface area (Å²) in [6, 6.07) is 44.0. The summed E-state index contributed by atoms with van der Waals surface area (Å²) >= 11 is 6.62. The second kappa shape index (κ2) is 10.3. The maximum absolute atomic E-state index is 6.62. The van der Waals surface area contributed by atoms with Gasteiger partial charge >= 0.3 is 0 Å². The molecule has 4 heteroatoms. The molecule has 0 nitrogen and oxygen atoms in total. The lowest BCUT2D eigenvalue weighted by atomic mass is 10.1. The Balaban J connectivity index is 1.65. The summed E-state index contributed by atoms with van der Waals surface area (Å²) in [5.41, 5.74) is 2.73. The van der Waals surface area contributed by atoms with Crippen molar-refractivity contribution in [3.8, 4) is 0 Å². The van der Waals surface area contributed by atoms with Crippen LogP contribution in [0, 0.1) is 0 Å². The van der Waals surface area contributed by atoms with Gasteiger partial charge in [-0.1, -0.05) is 116 Å². The highest BCUT2D eigenvalue weighted by atomic mass is 32.4. The van der Waals surface area contributed by atoms with E-state index in [0.29, 0.717) is 11.3 Å². The monoisotopic (exact) mass is 498 g/mol. The third kappa shape index (κ3) is 4.49. The Morgan fingerprint density at radius 3 is 1.74 bits per heavy atom. The zero-order valence-corrected chi connectivity index (χ0v) is 21.4. The Morgan fingerprint density at radius 1 is 0.735 bits per heavy atom. The molecule has 1 fully saturated rings. The molecule has 4 aromatic carbocycles. The van der Waals surface area contributed by atoms with Gasteiger partial charge in [0.15, 0.2) is 0 Å². The summed E-state index contributed by atoms with van der Waals surface area (Å²) in [6.07, 6.45) is 5.05. The molecule has 0 N–H and O–H groups in total. The normalized spacial score (nSPS) is 21.3. The van der Waals surface area contributed by atoms with Gasteiger partial charge in [-0.3, -0.25) is 0 Å². The van der Waals surface area contributed by atoms with E-state index >= 15 is 0 Å². The fraction of sp³-hybridized carbons (Fsp3) is 0.200. The van der Waals surface area contributed by atoms with E-state index in [2.05, 4.69) is 121 Å². The quantitative estimate of drug-likeness (QED) is 0.221. The van der Waals surface area contributed by atoms with Crippen molar-refractivity contribution in [2.75, 3.05) is 6.16 Å². The molecule has 0 spiro atoms. The molecule has 0 saturated carbocycles. The first-order valence-corrected chi connectivity index (χ1v) is 16.3. The second-order valence-electron chi connectivity index (χ2n) is 8.85. The standard InChI is InChI=1S/C30H33BP2S/c31-33(27-18-9-3-10-19-27,28-20-11-4-12-21-28)30(25-14-5-1-6-15-25)24-29-22-13-23-32(29,34)26-16-7-2-8-17-26/h1-12,14-21,29-30H,13,22-24H2,31H3/t29?,30-,32?/m0/s1. The summed E-state index contributed by atoms with van der Waals surface area (Å²) in [7, 11) is -1.49. The lowest BCUT2D eigenvalue weighted by molar-refractivity contribution is 0.698. The third-order valence-electron chi connectivity index (χ3n) is 6.87. The predicted molar refractivity (Wildman–Crippen MR) is 161 cm³/mol. The van der Waals surface area contributed by atoms with E-state index in [1.165, 1.54) is 36.3 Å². The first kappa shape index (κ1) is 23.8. The van der Waals surface area contributed by atoms with Crippen LogP contribution in [0.5, 0.6) is 0 Å². The van der Waals surface area contributed by atoms with Gasteiger partial charge in [0.05, 0.1) is 16.3 Å². The van der Waals surface area contributed by atoms with Crippen molar-refractivity contribution >= 4 is 48.5 Å². The Labute approximate surface area is 211 Å². The van der Waals surface area contributed by atoms with E-state index in [4.69, 9.17) is 11.8 Å². The Kier molecular flexibility index (Phi) is 7.22. The van der Waals surface area contributed by atoms with Crippen LogP contribution in [0.1, 0.15) is 30.5 Å². The molecule has 1 saturated heterocycles. The molecule has 0 aliphatic carbocycles. The van der Waals surface area contributed by atoms with E-state index in [1.807, 2.05) is 0 Å². The molecular formula is C30H33BP2S. The van der Waals surface area contributed by atoms with E-state index in [1.54, 1.807) is 10.6 Å². The van der Waals surface area contributed by atoms with Crippen LogP contribution < -0.4 is 15.9 Å². The van der Waals surface area contributed by atoms with E-state index in [0.717, 1.165) is 0 Å². The zero-order chi connectivity index (χ0) is 23.4. The molecule has 1 aliphatic heterocycles. The minimum absolute atomic E-state index is 0.00721. The predicted octanol–water partition coefficient (Wildman–Crippen LogP) is 6.03.